The Morgan fingerprint density at radius 3 is 2.72 bits per heavy atom. The first kappa shape index (κ1) is 13.4. The molecule has 2 rings (SSSR count). The van der Waals surface area contributed by atoms with E-state index in [0.717, 1.165) is 4.88 Å². The number of amides is 1. The van der Waals surface area contributed by atoms with Gasteiger partial charge in [-0.1, -0.05) is 0 Å². The van der Waals surface area contributed by atoms with Crippen LogP contribution in [0.2, 0.25) is 0 Å². The average molecular weight is 288 g/mol. The van der Waals surface area contributed by atoms with Crippen molar-refractivity contribution in [2.45, 2.75) is 19.9 Å². The van der Waals surface area contributed by atoms with Crippen molar-refractivity contribution >= 4 is 32.8 Å². The maximum atomic E-state index is 12.3. The highest BCUT2D eigenvalue weighted by atomic mass is 32.2. The number of rotatable bonds is 1. The van der Waals surface area contributed by atoms with Gasteiger partial charge in [-0.25, -0.2) is 8.42 Å². The summed E-state index contributed by atoms with van der Waals surface area (Å²) in [5.41, 5.74) is 6.34. The number of nitrogens with two attached hydrogens (primary N) is 1. The summed E-state index contributed by atoms with van der Waals surface area (Å²) >= 11 is 1.35. The minimum atomic E-state index is -3.00. The zero-order valence-electron chi connectivity index (χ0n) is 10.3. The molecule has 1 aromatic heterocycles. The number of carbonyl (C=O) groups is 1. The lowest BCUT2D eigenvalue weighted by atomic mass is 10.2. The quantitative estimate of drug-likeness (QED) is 0.832. The number of anilines is 1. The number of carbonyl (C=O) groups excluding carboxylic acids is 1. The van der Waals surface area contributed by atoms with Gasteiger partial charge in [-0.15, -0.1) is 11.3 Å². The van der Waals surface area contributed by atoms with E-state index in [1.165, 1.54) is 11.3 Å². The molecule has 2 N–H and O–H groups in total. The summed E-state index contributed by atoms with van der Waals surface area (Å²) in [5, 5.41) is 0. The molecule has 1 saturated heterocycles. The van der Waals surface area contributed by atoms with Gasteiger partial charge in [-0.2, -0.15) is 0 Å². The number of hydrogen-bond acceptors (Lipinski definition) is 5. The van der Waals surface area contributed by atoms with Gasteiger partial charge >= 0.3 is 0 Å². The Labute approximate surface area is 111 Å². The Balaban J connectivity index is 2.20. The van der Waals surface area contributed by atoms with E-state index in [2.05, 4.69) is 0 Å². The summed E-state index contributed by atoms with van der Waals surface area (Å²) < 4.78 is 22.9. The molecule has 0 aliphatic carbocycles. The molecule has 0 bridgehead atoms. The maximum Gasteiger partial charge on any atom is 0.264 e. The number of sulfone groups is 1. The molecular weight excluding hydrogens is 272 g/mol. The molecule has 0 saturated carbocycles. The van der Waals surface area contributed by atoms with Gasteiger partial charge in [0.25, 0.3) is 5.91 Å². The van der Waals surface area contributed by atoms with Crippen molar-refractivity contribution in [2.24, 2.45) is 0 Å². The smallest absolute Gasteiger partial charge is 0.264 e. The summed E-state index contributed by atoms with van der Waals surface area (Å²) in [6, 6.07) is 1.39. The molecular formula is C11H16N2O3S2. The topological polar surface area (TPSA) is 80.5 Å². The third kappa shape index (κ3) is 2.51. The molecule has 7 heteroatoms. The van der Waals surface area contributed by atoms with E-state index in [-0.39, 0.29) is 30.0 Å². The number of thiophene rings is 1. The van der Waals surface area contributed by atoms with Gasteiger partial charge in [-0.05, 0) is 19.9 Å². The monoisotopic (exact) mass is 288 g/mol. The molecule has 18 heavy (non-hydrogen) atoms. The number of hydrogen-bond donors (Lipinski definition) is 1. The molecule has 1 fully saturated rings. The largest absolute Gasteiger partial charge is 0.398 e. The highest BCUT2D eigenvalue weighted by molar-refractivity contribution is 7.91. The van der Waals surface area contributed by atoms with Gasteiger partial charge < -0.3 is 10.6 Å². The summed E-state index contributed by atoms with van der Waals surface area (Å²) in [7, 11) is -3.00. The molecule has 1 aliphatic heterocycles. The minimum absolute atomic E-state index is 0.0403. The van der Waals surface area contributed by atoms with Crippen molar-refractivity contribution in [3.63, 3.8) is 0 Å². The van der Waals surface area contributed by atoms with Gasteiger partial charge in [0.1, 0.15) is 0 Å². The summed E-state index contributed by atoms with van der Waals surface area (Å²) in [6.07, 6.45) is 0. The molecule has 0 spiro atoms. The third-order valence-electron chi connectivity index (χ3n) is 3.10. The zero-order chi connectivity index (χ0) is 13.5. The Hall–Kier alpha value is -1.08. The Morgan fingerprint density at radius 1 is 1.56 bits per heavy atom. The molecule has 2 heterocycles. The normalized spacial score (nSPS) is 23.0. The van der Waals surface area contributed by atoms with Crippen LogP contribution in [0, 0.1) is 6.92 Å². The second-order valence-corrected chi connectivity index (χ2v) is 8.07. The third-order valence-corrected chi connectivity index (χ3v) is 5.95. The molecule has 1 aliphatic rings. The molecule has 0 radical (unpaired) electrons. The van der Waals surface area contributed by atoms with Crippen LogP contribution in [-0.4, -0.2) is 43.3 Å². The Bertz CT molecular complexity index is 558. The number of nitrogen functional groups attached to an aromatic ring is 1. The molecule has 5 nitrogen and oxygen atoms in total. The molecule has 1 aromatic rings. The predicted octanol–water partition coefficient (Wildman–Crippen LogP) is 0.898. The van der Waals surface area contributed by atoms with Gasteiger partial charge in [0.15, 0.2) is 9.84 Å². The maximum absolute atomic E-state index is 12.3. The van der Waals surface area contributed by atoms with E-state index < -0.39 is 9.84 Å². The van der Waals surface area contributed by atoms with Crippen molar-refractivity contribution in [2.75, 3.05) is 23.8 Å². The van der Waals surface area contributed by atoms with E-state index in [1.54, 1.807) is 17.9 Å². The van der Waals surface area contributed by atoms with Crippen LogP contribution < -0.4 is 5.73 Å². The summed E-state index contributed by atoms with van der Waals surface area (Å²) in [5.74, 6) is -0.0381. The second-order valence-electron chi connectivity index (χ2n) is 4.58. The molecule has 100 valence electrons. The highest BCUT2D eigenvalue weighted by Crippen LogP contribution is 2.26. The first-order valence-corrected chi connectivity index (χ1v) is 8.31. The van der Waals surface area contributed by atoms with Crippen molar-refractivity contribution in [1.82, 2.24) is 4.90 Å². The first-order chi connectivity index (χ1) is 8.30. The molecule has 1 atom stereocenters. The van der Waals surface area contributed by atoms with E-state index in [4.69, 9.17) is 5.73 Å². The van der Waals surface area contributed by atoms with E-state index in [1.807, 2.05) is 6.92 Å². The van der Waals surface area contributed by atoms with Crippen LogP contribution in [0.5, 0.6) is 0 Å². The fraction of sp³-hybridized carbons (Fsp3) is 0.545. The van der Waals surface area contributed by atoms with Crippen LogP contribution in [-0.2, 0) is 9.84 Å². The number of nitrogens with zero attached hydrogens (tertiary/aromatic N) is 1. The second kappa shape index (κ2) is 4.55. The predicted molar refractivity (Wildman–Crippen MR) is 72.6 cm³/mol. The standard InChI is InChI=1S/C11H16N2O3S2/c1-7-6-18(15,16)4-3-13(7)11(14)10-5-9(12)8(2)17-10/h5,7H,3-4,6,12H2,1-2H3. The lowest BCUT2D eigenvalue weighted by Crippen LogP contribution is -2.49. The fourth-order valence-corrected chi connectivity index (χ4v) is 4.50. The van der Waals surface area contributed by atoms with Crippen LogP contribution in [0.1, 0.15) is 21.5 Å². The Morgan fingerprint density at radius 2 is 2.22 bits per heavy atom. The van der Waals surface area contributed by atoms with Crippen molar-refractivity contribution < 1.29 is 13.2 Å². The SMILES string of the molecule is Cc1sc(C(=O)N2CCS(=O)(=O)CC2C)cc1N. The lowest BCUT2D eigenvalue weighted by Gasteiger charge is -2.32. The molecule has 0 aromatic carbocycles. The van der Waals surface area contributed by atoms with Gasteiger partial charge in [0.2, 0.25) is 0 Å². The van der Waals surface area contributed by atoms with Crippen molar-refractivity contribution in [3.8, 4) is 0 Å². The van der Waals surface area contributed by atoms with Crippen LogP contribution in [0.3, 0.4) is 0 Å². The zero-order valence-corrected chi connectivity index (χ0v) is 12.0. The highest BCUT2D eigenvalue weighted by Gasteiger charge is 2.32. The minimum Gasteiger partial charge on any atom is -0.398 e. The first-order valence-electron chi connectivity index (χ1n) is 5.67. The van der Waals surface area contributed by atoms with Crippen LogP contribution in [0.4, 0.5) is 5.69 Å². The lowest BCUT2D eigenvalue weighted by molar-refractivity contribution is 0.0717. The van der Waals surface area contributed by atoms with Crippen LogP contribution >= 0.6 is 11.3 Å². The van der Waals surface area contributed by atoms with Crippen LogP contribution in [0.25, 0.3) is 0 Å². The average Bonchev–Trinajstić information content (AvgIpc) is 2.57. The summed E-state index contributed by atoms with van der Waals surface area (Å²) in [4.78, 5) is 15.4. The van der Waals surface area contributed by atoms with Gasteiger partial charge in [0.05, 0.1) is 16.4 Å². The fourth-order valence-electron chi connectivity index (χ4n) is 2.04. The van der Waals surface area contributed by atoms with E-state index in [9.17, 15) is 13.2 Å². The van der Waals surface area contributed by atoms with Gasteiger partial charge in [0, 0.05) is 23.2 Å². The number of aryl methyl sites for hydroxylation is 1. The summed E-state index contributed by atoms with van der Waals surface area (Å²) in [6.45, 7) is 3.89. The van der Waals surface area contributed by atoms with Crippen LogP contribution in [0.15, 0.2) is 6.07 Å². The van der Waals surface area contributed by atoms with E-state index in [0.29, 0.717) is 10.6 Å². The van der Waals surface area contributed by atoms with Crippen molar-refractivity contribution in [3.05, 3.63) is 15.8 Å². The molecule has 1 amide bonds. The van der Waals surface area contributed by atoms with Crippen molar-refractivity contribution in [1.29, 1.82) is 0 Å². The van der Waals surface area contributed by atoms with Gasteiger partial charge in [-0.3, -0.25) is 4.79 Å². The van der Waals surface area contributed by atoms with E-state index >= 15 is 0 Å². The molecule has 1 unspecified atom stereocenters. The Kier molecular flexibility index (Phi) is 3.37.